The van der Waals surface area contributed by atoms with Crippen LogP contribution in [0.4, 0.5) is 11.4 Å². The molecule has 19 heavy (non-hydrogen) atoms. The zero-order chi connectivity index (χ0) is 13.7. The molecule has 1 aliphatic rings. The summed E-state index contributed by atoms with van der Waals surface area (Å²) in [5.41, 5.74) is 2.13. The summed E-state index contributed by atoms with van der Waals surface area (Å²) in [6.45, 7) is 6.89. The lowest BCUT2D eigenvalue weighted by molar-refractivity contribution is -0.135. The molecule has 0 radical (unpaired) electrons. The summed E-state index contributed by atoms with van der Waals surface area (Å²) >= 11 is 0. The van der Waals surface area contributed by atoms with Crippen LogP contribution in [0.5, 0.6) is 5.75 Å². The van der Waals surface area contributed by atoms with E-state index in [1.165, 1.54) is 0 Å². The van der Waals surface area contributed by atoms with Gasteiger partial charge in [-0.2, -0.15) is 0 Å². The largest absolute Gasteiger partial charge is 0.497 e. The zero-order valence-corrected chi connectivity index (χ0v) is 11.8. The van der Waals surface area contributed by atoms with Crippen LogP contribution in [0.15, 0.2) is 18.2 Å². The van der Waals surface area contributed by atoms with E-state index in [1.807, 2.05) is 32.0 Å². The highest BCUT2D eigenvalue weighted by Crippen LogP contribution is 2.34. The number of nitrogens with zero attached hydrogens (tertiary/aromatic N) is 1. The third kappa shape index (κ3) is 3.11. The SMILES string of the molecule is CCOC(OCC)N1CCNc2ccc(OC)cc21. The first kappa shape index (κ1) is 14.0. The van der Waals surface area contributed by atoms with Crippen LogP contribution in [-0.4, -0.2) is 39.8 Å². The Morgan fingerprint density at radius 2 is 2.00 bits per heavy atom. The fraction of sp³-hybridized carbons (Fsp3) is 0.571. The monoisotopic (exact) mass is 266 g/mol. The van der Waals surface area contributed by atoms with Crippen molar-refractivity contribution in [1.82, 2.24) is 0 Å². The standard InChI is InChI=1S/C14H22N2O3/c1-4-18-14(19-5-2)16-9-8-15-12-7-6-11(17-3)10-13(12)16/h6-7,10,14-15H,4-5,8-9H2,1-3H3. The number of methoxy groups -OCH3 is 1. The normalized spacial score (nSPS) is 14.2. The molecule has 0 saturated carbocycles. The molecule has 0 unspecified atom stereocenters. The minimum absolute atomic E-state index is 0.344. The Balaban J connectivity index is 2.27. The van der Waals surface area contributed by atoms with Gasteiger partial charge >= 0.3 is 0 Å². The number of rotatable bonds is 6. The second-order valence-corrected chi connectivity index (χ2v) is 4.22. The molecule has 106 valence electrons. The van der Waals surface area contributed by atoms with Gasteiger partial charge in [-0.3, -0.25) is 0 Å². The zero-order valence-electron chi connectivity index (χ0n) is 11.8. The Bertz CT molecular complexity index is 406. The highest BCUT2D eigenvalue weighted by molar-refractivity contribution is 5.74. The lowest BCUT2D eigenvalue weighted by Gasteiger charge is -2.37. The van der Waals surface area contributed by atoms with Crippen LogP contribution in [0.25, 0.3) is 0 Å². The van der Waals surface area contributed by atoms with Gasteiger partial charge in [-0.15, -0.1) is 0 Å². The third-order valence-corrected chi connectivity index (χ3v) is 3.06. The van der Waals surface area contributed by atoms with E-state index in [4.69, 9.17) is 14.2 Å². The second kappa shape index (κ2) is 6.63. The Labute approximate surface area is 114 Å². The quantitative estimate of drug-likeness (QED) is 0.800. The molecular weight excluding hydrogens is 244 g/mol. The van der Waals surface area contributed by atoms with Crippen molar-refractivity contribution >= 4 is 11.4 Å². The molecule has 0 aromatic heterocycles. The predicted octanol–water partition coefficient (Wildman–Crippen LogP) is 2.28. The van der Waals surface area contributed by atoms with Crippen molar-refractivity contribution in [3.05, 3.63) is 18.2 Å². The van der Waals surface area contributed by atoms with Gasteiger partial charge in [0.05, 0.1) is 18.5 Å². The lowest BCUT2D eigenvalue weighted by atomic mass is 10.2. The molecule has 5 heteroatoms. The summed E-state index contributed by atoms with van der Waals surface area (Å²) in [5, 5.41) is 3.37. The van der Waals surface area contributed by atoms with Crippen molar-refractivity contribution < 1.29 is 14.2 Å². The van der Waals surface area contributed by atoms with Crippen molar-refractivity contribution in [2.24, 2.45) is 0 Å². The van der Waals surface area contributed by atoms with E-state index in [9.17, 15) is 0 Å². The summed E-state index contributed by atoms with van der Waals surface area (Å²) < 4.78 is 16.7. The minimum atomic E-state index is -0.344. The molecule has 0 saturated heterocycles. The first-order valence-electron chi connectivity index (χ1n) is 6.71. The molecule has 2 rings (SSSR count). The van der Waals surface area contributed by atoms with E-state index in [-0.39, 0.29) is 6.41 Å². The minimum Gasteiger partial charge on any atom is -0.497 e. The van der Waals surface area contributed by atoms with Gasteiger partial charge in [0, 0.05) is 32.4 Å². The highest BCUT2D eigenvalue weighted by Gasteiger charge is 2.25. The van der Waals surface area contributed by atoms with Crippen molar-refractivity contribution in [2.75, 3.05) is 43.6 Å². The molecule has 1 aromatic rings. The molecule has 0 amide bonds. The van der Waals surface area contributed by atoms with E-state index in [0.29, 0.717) is 13.2 Å². The first-order valence-corrected chi connectivity index (χ1v) is 6.71. The van der Waals surface area contributed by atoms with E-state index < -0.39 is 0 Å². The molecule has 0 fully saturated rings. The van der Waals surface area contributed by atoms with E-state index in [1.54, 1.807) is 7.11 Å². The summed E-state index contributed by atoms with van der Waals surface area (Å²) in [6, 6.07) is 5.98. The van der Waals surface area contributed by atoms with Crippen molar-refractivity contribution in [3.8, 4) is 5.75 Å². The van der Waals surface area contributed by atoms with Gasteiger partial charge in [-0.05, 0) is 26.0 Å². The van der Waals surface area contributed by atoms with Crippen molar-refractivity contribution in [1.29, 1.82) is 0 Å². The smallest absolute Gasteiger partial charge is 0.240 e. The second-order valence-electron chi connectivity index (χ2n) is 4.22. The van der Waals surface area contributed by atoms with E-state index in [0.717, 1.165) is 30.2 Å². The highest BCUT2D eigenvalue weighted by atomic mass is 16.7. The van der Waals surface area contributed by atoms with Gasteiger partial charge in [0.1, 0.15) is 5.75 Å². The maximum absolute atomic E-state index is 5.69. The average molecular weight is 266 g/mol. The van der Waals surface area contributed by atoms with Gasteiger partial charge < -0.3 is 24.4 Å². The van der Waals surface area contributed by atoms with Crippen LogP contribution in [0.3, 0.4) is 0 Å². The fourth-order valence-electron chi connectivity index (χ4n) is 2.19. The topological polar surface area (TPSA) is 43.0 Å². The van der Waals surface area contributed by atoms with Crippen molar-refractivity contribution in [3.63, 3.8) is 0 Å². The summed E-state index contributed by atoms with van der Waals surface area (Å²) in [6.07, 6.45) is -0.344. The molecule has 0 spiro atoms. The first-order chi connectivity index (χ1) is 9.30. The Hall–Kier alpha value is -1.46. The molecule has 0 bridgehead atoms. The molecule has 0 aliphatic carbocycles. The van der Waals surface area contributed by atoms with Crippen molar-refractivity contribution in [2.45, 2.75) is 20.3 Å². The maximum Gasteiger partial charge on any atom is 0.240 e. The molecule has 1 N–H and O–H groups in total. The predicted molar refractivity (Wildman–Crippen MR) is 75.9 cm³/mol. The summed E-state index contributed by atoms with van der Waals surface area (Å²) in [5.74, 6) is 0.833. The van der Waals surface area contributed by atoms with Crippen LogP contribution >= 0.6 is 0 Å². The van der Waals surface area contributed by atoms with Gasteiger partial charge in [0.2, 0.25) is 6.41 Å². The van der Waals surface area contributed by atoms with Gasteiger partial charge in [-0.25, -0.2) is 0 Å². The number of nitrogens with one attached hydrogen (secondary N) is 1. The molecule has 1 aliphatic heterocycles. The van der Waals surface area contributed by atoms with Crippen LogP contribution in [0.1, 0.15) is 13.8 Å². The van der Waals surface area contributed by atoms with Gasteiger partial charge in [0.25, 0.3) is 0 Å². The van der Waals surface area contributed by atoms with Gasteiger partial charge in [0.15, 0.2) is 0 Å². The fourth-order valence-corrected chi connectivity index (χ4v) is 2.19. The van der Waals surface area contributed by atoms with Crippen LogP contribution < -0.4 is 15.0 Å². The number of fused-ring (bicyclic) bond motifs is 1. The Morgan fingerprint density at radius 1 is 1.26 bits per heavy atom. The number of ether oxygens (including phenoxy) is 3. The van der Waals surface area contributed by atoms with Crippen LogP contribution in [0, 0.1) is 0 Å². The molecule has 1 heterocycles. The molecule has 5 nitrogen and oxygen atoms in total. The summed E-state index contributed by atoms with van der Waals surface area (Å²) in [7, 11) is 1.67. The Kier molecular flexibility index (Phi) is 4.87. The number of hydrogen-bond donors (Lipinski definition) is 1. The lowest BCUT2D eigenvalue weighted by Crippen LogP contribution is -2.45. The average Bonchev–Trinajstić information content (AvgIpc) is 2.46. The number of anilines is 2. The van der Waals surface area contributed by atoms with Gasteiger partial charge in [-0.1, -0.05) is 0 Å². The molecular formula is C14H22N2O3. The third-order valence-electron chi connectivity index (χ3n) is 3.06. The molecule has 1 aromatic carbocycles. The van der Waals surface area contributed by atoms with Crippen LogP contribution in [0.2, 0.25) is 0 Å². The molecule has 0 atom stereocenters. The number of hydrogen-bond acceptors (Lipinski definition) is 5. The number of benzene rings is 1. The maximum atomic E-state index is 5.69. The van der Waals surface area contributed by atoms with E-state index in [2.05, 4.69) is 10.2 Å². The summed E-state index contributed by atoms with van der Waals surface area (Å²) in [4.78, 5) is 2.13. The van der Waals surface area contributed by atoms with E-state index >= 15 is 0 Å². The van der Waals surface area contributed by atoms with Crippen LogP contribution in [-0.2, 0) is 9.47 Å². The Morgan fingerprint density at radius 3 is 2.63 bits per heavy atom.